The number of carbonyl (C=O) groups is 5. The Bertz CT molecular complexity index is 731. The summed E-state index contributed by atoms with van der Waals surface area (Å²) in [7, 11) is 0. The molecule has 0 rings (SSSR count). The largest absolute Gasteiger partial charge is 0.481 e. The first-order valence-electron chi connectivity index (χ1n) is 16.0. The highest BCUT2D eigenvalue weighted by atomic mass is 16.4. The predicted molar refractivity (Wildman–Crippen MR) is 160 cm³/mol. The smallest absolute Gasteiger partial charge is 0.326 e. The second-order valence-corrected chi connectivity index (χ2v) is 11.0. The van der Waals surface area contributed by atoms with E-state index in [-0.39, 0.29) is 24.1 Å². The normalized spacial score (nSPS) is 11.5. The Balaban J connectivity index is 3.46. The maximum Gasteiger partial charge on any atom is 0.326 e. The molecule has 0 saturated carbocycles. The van der Waals surface area contributed by atoms with E-state index in [0.717, 1.165) is 38.5 Å². The summed E-state index contributed by atoms with van der Waals surface area (Å²) >= 11 is 0. The zero-order valence-corrected chi connectivity index (χ0v) is 25.5. The average molecular weight is 584 g/mol. The van der Waals surface area contributed by atoms with Crippen LogP contribution in [0.25, 0.3) is 0 Å². The van der Waals surface area contributed by atoms with Crippen molar-refractivity contribution < 1.29 is 34.2 Å². The van der Waals surface area contributed by atoms with Crippen LogP contribution in [0.1, 0.15) is 148 Å². The van der Waals surface area contributed by atoms with Gasteiger partial charge in [-0.15, -0.1) is 0 Å². The van der Waals surface area contributed by atoms with Crippen molar-refractivity contribution in [3.63, 3.8) is 0 Å². The molecule has 0 aliphatic heterocycles. The van der Waals surface area contributed by atoms with Gasteiger partial charge >= 0.3 is 11.9 Å². The van der Waals surface area contributed by atoms with Crippen molar-refractivity contribution in [2.75, 3.05) is 13.1 Å². The lowest BCUT2D eigenvalue weighted by atomic mass is 10.0. The molecule has 0 aliphatic rings. The number of carboxylic acid groups (broad SMARTS) is 2. The third kappa shape index (κ3) is 27.3. The lowest BCUT2D eigenvalue weighted by Gasteiger charge is -2.13. The summed E-state index contributed by atoms with van der Waals surface area (Å²) in [5.41, 5.74) is 0. The minimum absolute atomic E-state index is 0.0287. The number of amides is 3. The Hall–Kier alpha value is -2.65. The molecule has 3 amide bonds. The fourth-order valence-electron chi connectivity index (χ4n) is 4.63. The minimum Gasteiger partial charge on any atom is -0.481 e. The van der Waals surface area contributed by atoms with Crippen molar-refractivity contribution in [3.8, 4) is 0 Å². The maximum absolute atomic E-state index is 12.0. The number of unbranched alkanes of at least 4 members (excludes halogenated alkanes) is 13. The van der Waals surface area contributed by atoms with E-state index < -0.39 is 18.0 Å². The van der Waals surface area contributed by atoms with E-state index in [0.29, 0.717) is 58.0 Å². The van der Waals surface area contributed by atoms with Gasteiger partial charge in [-0.1, -0.05) is 90.4 Å². The van der Waals surface area contributed by atoms with Gasteiger partial charge in [0.25, 0.3) is 0 Å². The van der Waals surface area contributed by atoms with Crippen LogP contribution in [-0.4, -0.2) is 59.0 Å². The number of rotatable bonds is 29. The predicted octanol–water partition coefficient (Wildman–Crippen LogP) is 5.47. The van der Waals surface area contributed by atoms with Gasteiger partial charge in [-0.3, -0.25) is 19.2 Å². The number of carbonyl (C=O) groups excluding carboxylic acids is 3. The molecule has 0 radical (unpaired) electrons. The standard InChI is InChI=1S/C31H57N3O7/c1-2-19-26(31(40)41)34-29(37)22-18-25-33-28(36)21-17-24-32-27(35)20-15-13-11-9-7-5-3-4-6-8-10-12-14-16-23-30(38)39/h26H,2-25H2,1H3,(H,32,35)(H,33,36)(H,34,37)(H,38,39)(H,40,41)/t26-/m0/s1. The van der Waals surface area contributed by atoms with Crippen LogP contribution in [0.5, 0.6) is 0 Å². The van der Waals surface area contributed by atoms with Crippen LogP contribution in [0.2, 0.25) is 0 Å². The Morgan fingerprint density at radius 3 is 1.27 bits per heavy atom. The van der Waals surface area contributed by atoms with E-state index in [1.807, 2.05) is 6.92 Å². The van der Waals surface area contributed by atoms with Crippen LogP contribution in [0.15, 0.2) is 0 Å². The van der Waals surface area contributed by atoms with Crippen LogP contribution in [-0.2, 0) is 24.0 Å². The first-order valence-corrected chi connectivity index (χ1v) is 16.0. The molecule has 0 spiro atoms. The van der Waals surface area contributed by atoms with Crippen molar-refractivity contribution in [2.45, 2.75) is 154 Å². The number of hydrogen-bond acceptors (Lipinski definition) is 5. The first-order chi connectivity index (χ1) is 19.8. The van der Waals surface area contributed by atoms with E-state index in [4.69, 9.17) is 10.2 Å². The van der Waals surface area contributed by atoms with Gasteiger partial charge in [0, 0.05) is 38.8 Å². The van der Waals surface area contributed by atoms with Crippen LogP contribution in [0, 0.1) is 0 Å². The van der Waals surface area contributed by atoms with Crippen molar-refractivity contribution >= 4 is 29.7 Å². The molecule has 0 aromatic carbocycles. The van der Waals surface area contributed by atoms with Gasteiger partial charge in [-0.2, -0.15) is 0 Å². The molecule has 10 heteroatoms. The fraction of sp³-hybridized carbons (Fsp3) is 0.839. The lowest BCUT2D eigenvalue weighted by Crippen LogP contribution is -2.40. The molecule has 0 bridgehead atoms. The summed E-state index contributed by atoms with van der Waals surface area (Å²) in [4.78, 5) is 57.3. The molecule has 0 aromatic heterocycles. The molecule has 10 nitrogen and oxygen atoms in total. The highest BCUT2D eigenvalue weighted by Gasteiger charge is 2.18. The molecule has 5 N–H and O–H groups in total. The Morgan fingerprint density at radius 1 is 0.512 bits per heavy atom. The van der Waals surface area contributed by atoms with E-state index in [9.17, 15) is 24.0 Å². The molecule has 0 fully saturated rings. The topological polar surface area (TPSA) is 162 Å². The summed E-state index contributed by atoms with van der Waals surface area (Å²) in [6.45, 7) is 2.67. The van der Waals surface area contributed by atoms with Gasteiger partial charge in [0.1, 0.15) is 6.04 Å². The first kappa shape index (κ1) is 38.4. The SMILES string of the molecule is CCC[C@H](NC(=O)CCCNC(=O)CCCNC(=O)CCCCCCCCCCCCCCCCC(=O)O)C(=O)O. The zero-order chi connectivity index (χ0) is 30.6. The summed E-state index contributed by atoms with van der Waals surface area (Å²) in [5.74, 6) is -2.16. The van der Waals surface area contributed by atoms with E-state index in [1.54, 1.807) is 0 Å². The Labute approximate surface area is 247 Å². The quantitative estimate of drug-likeness (QED) is 0.0729. The second kappa shape index (κ2) is 27.5. The van der Waals surface area contributed by atoms with Crippen LogP contribution >= 0.6 is 0 Å². The Morgan fingerprint density at radius 2 is 0.878 bits per heavy atom. The summed E-state index contributed by atoms with van der Waals surface area (Å²) in [6.07, 6.45) is 19.4. The molecule has 238 valence electrons. The zero-order valence-electron chi connectivity index (χ0n) is 25.5. The monoisotopic (exact) mass is 583 g/mol. The minimum atomic E-state index is -1.04. The van der Waals surface area contributed by atoms with Gasteiger partial charge in [0.2, 0.25) is 17.7 Å². The number of carboxylic acids is 2. The van der Waals surface area contributed by atoms with Gasteiger partial charge in [0.15, 0.2) is 0 Å². The van der Waals surface area contributed by atoms with E-state index in [1.165, 1.54) is 51.4 Å². The average Bonchev–Trinajstić information content (AvgIpc) is 2.92. The van der Waals surface area contributed by atoms with Gasteiger partial charge < -0.3 is 26.2 Å². The van der Waals surface area contributed by atoms with Crippen molar-refractivity contribution in [1.82, 2.24) is 16.0 Å². The molecule has 0 unspecified atom stereocenters. The number of aliphatic carboxylic acids is 2. The lowest BCUT2D eigenvalue weighted by molar-refractivity contribution is -0.142. The summed E-state index contributed by atoms with van der Waals surface area (Å²) < 4.78 is 0. The molecule has 0 aliphatic carbocycles. The summed E-state index contributed by atoms with van der Waals surface area (Å²) in [5, 5.41) is 25.8. The van der Waals surface area contributed by atoms with E-state index in [2.05, 4.69) is 16.0 Å². The number of nitrogens with one attached hydrogen (secondary N) is 3. The van der Waals surface area contributed by atoms with Crippen LogP contribution < -0.4 is 16.0 Å². The fourth-order valence-corrected chi connectivity index (χ4v) is 4.63. The van der Waals surface area contributed by atoms with E-state index >= 15 is 0 Å². The molecular weight excluding hydrogens is 526 g/mol. The third-order valence-corrected chi connectivity index (χ3v) is 7.06. The highest BCUT2D eigenvalue weighted by molar-refractivity contribution is 5.83. The molecule has 0 heterocycles. The van der Waals surface area contributed by atoms with Gasteiger partial charge in [0.05, 0.1) is 0 Å². The highest BCUT2D eigenvalue weighted by Crippen LogP contribution is 2.13. The van der Waals surface area contributed by atoms with Crippen molar-refractivity contribution in [3.05, 3.63) is 0 Å². The number of hydrogen-bond donors (Lipinski definition) is 5. The molecule has 0 aromatic rings. The maximum atomic E-state index is 12.0. The summed E-state index contributed by atoms with van der Waals surface area (Å²) in [6, 6.07) is -0.865. The molecule has 41 heavy (non-hydrogen) atoms. The third-order valence-electron chi connectivity index (χ3n) is 7.06. The van der Waals surface area contributed by atoms with Crippen molar-refractivity contribution in [1.29, 1.82) is 0 Å². The van der Waals surface area contributed by atoms with Crippen LogP contribution in [0.3, 0.4) is 0 Å². The van der Waals surface area contributed by atoms with Crippen LogP contribution in [0.4, 0.5) is 0 Å². The molecular formula is C31H57N3O7. The van der Waals surface area contributed by atoms with Gasteiger partial charge in [-0.05, 0) is 32.1 Å². The van der Waals surface area contributed by atoms with Crippen molar-refractivity contribution in [2.24, 2.45) is 0 Å². The Kier molecular flexibility index (Phi) is 25.7. The molecule has 1 atom stereocenters. The van der Waals surface area contributed by atoms with Gasteiger partial charge in [-0.25, -0.2) is 4.79 Å². The second-order valence-electron chi connectivity index (χ2n) is 11.0. The molecule has 0 saturated heterocycles.